The Balaban J connectivity index is 2.05. The molecular formula is C8H12O2. The van der Waals surface area contributed by atoms with Crippen molar-refractivity contribution in [1.29, 1.82) is 0 Å². The SMILES string of the molecule is COC1C2C=C(O)CCC21. The number of aliphatic hydroxyl groups is 1. The second kappa shape index (κ2) is 1.99. The number of fused-ring (bicyclic) bond motifs is 1. The Morgan fingerprint density at radius 1 is 1.70 bits per heavy atom. The summed E-state index contributed by atoms with van der Waals surface area (Å²) in [6.07, 6.45) is 4.30. The van der Waals surface area contributed by atoms with E-state index in [1.165, 1.54) is 0 Å². The largest absolute Gasteiger partial charge is 0.513 e. The normalized spacial score (nSPS) is 44.1. The molecule has 3 unspecified atom stereocenters. The molecule has 1 saturated carbocycles. The van der Waals surface area contributed by atoms with Gasteiger partial charge in [-0.1, -0.05) is 0 Å². The van der Waals surface area contributed by atoms with Crippen LogP contribution in [-0.4, -0.2) is 18.3 Å². The van der Waals surface area contributed by atoms with Gasteiger partial charge in [-0.15, -0.1) is 0 Å². The molecule has 0 bridgehead atoms. The molecule has 10 heavy (non-hydrogen) atoms. The highest BCUT2D eigenvalue weighted by Crippen LogP contribution is 2.49. The molecule has 3 atom stereocenters. The maximum atomic E-state index is 9.13. The van der Waals surface area contributed by atoms with Gasteiger partial charge in [0.1, 0.15) is 0 Å². The molecule has 0 radical (unpaired) electrons. The number of aliphatic hydroxyl groups excluding tert-OH is 1. The fourth-order valence-corrected chi connectivity index (χ4v) is 1.89. The van der Waals surface area contributed by atoms with Crippen molar-refractivity contribution in [2.24, 2.45) is 11.8 Å². The molecule has 0 aliphatic heterocycles. The van der Waals surface area contributed by atoms with Crippen LogP contribution in [0.3, 0.4) is 0 Å². The summed E-state index contributed by atoms with van der Waals surface area (Å²) in [6.45, 7) is 0. The van der Waals surface area contributed by atoms with Crippen molar-refractivity contribution < 1.29 is 9.84 Å². The summed E-state index contributed by atoms with van der Waals surface area (Å²) < 4.78 is 5.20. The van der Waals surface area contributed by atoms with Gasteiger partial charge in [0.25, 0.3) is 0 Å². The Morgan fingerprint density at radius 2 is 2.50 bits per heavy atom. The van der Waals surface area contributed by atoms with Crippen molar-refractivity contribution in [3.05, 3.63) is 11.8 Å². The molecule has 56 valence electrons. The van der Waals surface area contributed by atoms with Gasteiger partial charge < -0.3 is 9.84 Å². The molecule has 2 heteroatoms. The van der Waals surface area contributed by atoms with Gasteiger partial charge in [-0.3, -0.25) is 0 Å². The lowest BCUT2D eigenvalue weighted by molar-refractivity contribution is 0.163. The van der Waals surface area contributed by atoms with E-state index in [4.69, 9.17) is 9.84 Å². The summed E-state index contributed by atoms with van der Waals surface area (Å²) in [4.78, 5) is 0. The van der Waals surface area contributed by atoms with Crippen LogP contribution in [0.4, 0.5) is 0 Å². The van der Waals surface area contributed by atoms with E-state index in [0.717, 1.165) is 12.8 Å². The molecule has 0 heterocycles. The van der Waals surface area contributed by atoms with E-state index >= 15 is 0 Å². The minimum Gasteiger partial charge on any atom is -0.513 e. The van der Waals surface area contributed by atoms with E-state index in [1.54, 1.807) is 7.11 Å². The average Bonchev–Trinajstić information content (AvgIpc) is 2.60. The summed E-state index contributed by atoms with van der Waals surface area (Å²) >= 11 is 0. The third-order valence-electron chi connectivity index (χ3n) is 2.55. The van der Waals surface area contributed by atoms with E-state index in [-0.39, 0.29) is 0 Å². The highest BCUT2D eigenvalue weighted by Gasteiger charge is 2.50. The van der Waals surface area contributed by atoms with Crippen LogP contribution in [0, 0.1) is 11.8 Å². The molecule has 0 amide bonds. The van der Waals surface area contributed by atoms with Crippen LogP contribution >= 0.6 is 0 Å². The average molecular weight is 140 g/mol. The minimum atomic E-state index is 0.407. The van der Waals surface area contributed by atoms with Crippen LogP contribution in [-0.2, 0) is 4.74 Å². The van der Waals surface area contributed by atoms with Gasteiger partial charge in [0.15, 0.2) is 0 Å². The molecule has 2 nitrogen and oxygen atoms in total. The van der Waals surface area contributed by atoms with Crippen LogP contribution in [0.25, 0.3) is 0 Å². The molecule has 2 aliphatic rings. The van der Waals surface area contributed by atoms with Crippen LogP contribution in [0.5, 0.6) is 0 Å². The van der Waals surface area contributed by atoms with Crippen LogP contribution in [0.15, 0.2) is 11.8 Å². The maximum Gasteiger partial charge on any atom is 0.0886 e. The van der Waals surface area contributed by atoms with Gasteiger partial charge in [-0.05, 0) is 18.4 Å². The molecule has 0 saturated heterocycles. The number of ether oxygens (including phenoxy) is 1. The predicted octanol–water partition coefficient (Wildman–Crippen LogP) is 1.48. The summed E-state index contributed by atoms with van der Waals surface area (Å²) in [6, 6.07) is 0. The quantitative estimate of drug-likeness (QED) is 0.597. The van der Waals surface area contributed by atoms with Gasteiger partial charge >= 0.3 is 0 Å². The van der Waals surface area contributed by atoms with E-state index < -0.39 is 0 Å². The molecule has 0 aromatic rings. The van der Waals surface area contributed by atoms with E-state index in [2.05, 4.69) is 0 Å². The van der Waals surface area contributed by atoms with Crippen molar-refractivity contribution in [2.45, 2.75) is 18.9 Å². The van der Waals surface area contributed by atoms with Crippen LogP contribution in [0.2, 0.25) is 0 Å². The zero-order chi connectivity index (χ0) is 7.14. The number of hydrogen-bond acceptors (Lipinski definition) is 2. The van der Waals surface area contributed by atoms with Gasteiger partial charge in [-0.25, -0.2) is 0 Å². The van der Waals surface area contributed by atoms with Crippen molar-refractivity contribution in [3.63, 3.8) is 0 Å². The lowest BCUT2D eigenvalue weighted by Gasteiger charge is -2.02. The molecule has 2 rings (SSSR count). The van der Waals surface area contributed by atoms with E-state index in [0.29, 0.717) is 23.7 Å². The first-order valence-corrected chi connectivity index (χ1v) is 3.75. The first-order chi connectivity index (χ1) is 4.83. The predicted molar refractivity (Wildman–Crippen MR) is 37.7 cm³/mol. The van der Waals surface area contributed by atoms with Crippen LogP contribution < -0.4 is 0 Å². The third-order valence-corrected chi connectivity index (χ3v) is 2.55. The first kappa shape index (κ1) is 6.23. The van der Waals surface area contributed by atoms with Crippen molar-refractivity contribution in [1.82, 2.24) is 0 Å². The Hall–Kier alpha value is -0.500. The molecule has 0 aromatic heterocycles. The zero-order valence-electron chi connectivity index (χ0n) is 6.08. The Morgan fingerprint density at radius 3 is 3.10 bits per heavy atom. The summed E-state index contributed by atoms with van der Waals surface area (Å²) in [5.41, 5.74) is 0. The van der Waals surface area contributed by atoms with Crippen molar-refractivity contribution >= 4 is 0 Å². The highest BCUT2D eigenvalue weighted by atomic mass is 16.5. The van der Waals surface area contributed by atoms with E-state index in [9.17, 15) is 0 Å². The fourth-order valence-electron chi connectivity index (χ4n) is 1.89. The van der Waals surface area contributed by atoms with Gasteiger partial charge in [0.2, 0.25) is 0 Å². The summed E-state index contributed by atoms with van der Waals surface area (Å²) in [7, 11) is 1.74. The Bertz CT molecular complexity index is 170. The summed E-state index contributed by atoms with van der Waals surface area (Å²) in [5.74, 6) is 1.79. The third kappa shape index (κ3) is 0.754. The molecule has 1 N–H and O–H groups in total. The lowest BCUT2D eigenvalue weighted by Crippen LogP contribution is -1.92. The molecule has 2 aliphatic carbocycles. The fraction of sp³-hybridized carbons (Fsp3) is 0.750. The topological polar surface area (TPSA) is 29.5 Å². The molecular weight excluding hydrogens is 128 g/mol. The van der Waals surface area contributed by atoms with Gasteiger partial charge in [-0.2, -0.15) is 0 Å². The molecule has 0 spiro atoms. The van der Waals surface area contributed by atoms with Crippen molar-refractivity contribution in [3.8, 4) is 0 Å². The molecule has 1 fully saturated rings. The maximum absolute atomic E-state index is 9.13. The number of methoxy groups -OCH3 is 1. The highest BCUT2D eigenvalue weighted by molar-refractivity contribution is 5.16. The first-order valence-electron chi connectivity index (χ1n) is 3.75. The number of allylic oxidation sites excluding steroid dienone is 1. The van der Waals surface area contributed by atoms with Gasteiger partial charge in [0.05, 0.1) is 11.9 Å². The minimum absolute atomic E-state index is 0.407. The van der Waals surface area contributed by atoms with Crippen molar-refractivity contribution in [2.75, 3.05) is 7.11 Å². The second-order valence-corrected chi connectivity index (χ2v) is 3.14. The Labute approximate surface area is 60.5 Å². The monoisotopic (exact) mass is 140 g/mol. The van der Waals surface area contributed by atoms with Crippen LogP contribution in [0.1, 0.15) is 12.8 Å². The number of hydrogen-bond donors (Lipinski definition) is 1. The second-order valence-electron chi connectivity index (χ2n) is 3.14. The van der Waals surface area contributed by atoms with E-state index in [1.807, 2.05) is 6.08 Å². The standard InChI is InChI=1S/C8H12O2/c1-10-8-6-3-2-5(9)4-7(6)8/h4,6-9H,2-3H2,1H3. The number of rotatable bonds is 1. The van der Waals surface area contributed by atoms with Gasteiger partial charge in [0, 0.05) is 19.4 Å². The molecule has 0 aromatic carbocycles. The lowest BCUT2D eigenvalue weighted by atomic mass is 10.1. The Kier molecular flexibility index (Phi) is 1.24. The zero-order valence-corrected chi connectivity index (χ0v) is 6.08. The smallest absolute Gasteiger partial charge is 0.0886 e. The summed E-state index contributed by atoms with van der Waals surface area (Å²) in [5, 5.41) is 9.13.